The zero-order valence-electron chi connectivity index (χ0n) is 38.3. The van der Waals surface area contributed by atoms with Gasteiger partial charge in [0.15, 0.2) is 22.8 Å². The number of phosphoric acid groups is 3. The van der Waals surface area contributed by atoms with Crippen molar-refractivity contribution in [3.63, 3.8) is 0 Å². The summed E-state index contributed by atoms with van der Waals surface area (Å²) >= 11 is 1.14. The molecule has 0 bridgehead atoms. The average Bonchev–Trinajstić information content (AvgIpc) is 3.94. The Labute approximate surface area is 397 Å². The smallest absolute Gasteiger partial charge is 0.466 e. The number of rotatable bonds is 31. The number of furan rings is 1. The van der Waals surface area contributed by atoms with Gasteiger partial charge in [0, 0.05) is 49.9 Å². The predicted molar refractivity (Wildman–Crippen MR) is 245 cm³/mol. The van der Waals surface area contributed by atoms with Crippen LogP contribution < -0.4 is 16.4 Å². The van der Waals surface area contributed by atoms with Crippen LogP contribution in [-0.4, -0.2) is 123 Å². The van der Waals surface area contributed by atoms with Gasteiger partial charge in [0.25, 0.3) is 0 Å². The van der Waals surface area contributed by atoms with Gasteiger partial charge in [0.1, 0.15) is 47.8 Å². The van der Waals surface area contributed by atoms with Crippen molar-refractivity contribution in [3.05, 3.63) is 35.8 Å². The van der Waals surface area contributed by atoms with Gasteiger partial charge in [-0.05, 0) is 37.8 Å². The van der Waals surface area contributed by atoms with E-state index in [2.05, 4.69) is 54.3 Å². The fourth-order valence-corrected chi connectivity index (χ4v) is 10.5. The van der Waals surface area contributed by atoms with Gasteiger partial charge < -0.3 is 55.3 Å². The van der Waals surface area contributed by atoms with E-state index in [1.54, 1.807) is 0 Å². The van der Waals surface area contributed by atoms with Gasteiger partial charge in [-0.3, -0.25) is 32.5 Å². The lowest BCUT2D eigenvalue weighted by Crippen LogP contribution is -2.46. The van der Waals surface area contributed by atoms with Crippen molar-refractivity contribution in [1.82, 2.24) is 30.2 Å². The molecule has 1 saturated heterocycles. The van der Waals surface area contributed by atoms with Crippen molar-refractivity contribution < 1.29 is 84.9 Å². The average molecular weight is 1040 g/mol. The van der Waals surface area contributed by atoms with Gasteiger partial charge in [-0.1, -0.05) is 64.6 Å². The van der Waals surface area contributed by atoms with Crippen LogP contribution >= 0.6 is 35.2 Å². The van der Waals surface area contributed by atoms with Crippen LogP contribution in [0.5, 0.6) is 0 Å². The molecule has 25 nitrogen and oxygen atoms in total. The Morgan fingerprint density at radius 2 is 1.63 bits per heavy atom. The number of aryl methyl sites for hydroxylation is 3. The number of hydrogen-bond acceptors (Lipinski definition) is 19. The largest absolute Gasteiger partial charge is 0.481 e. The monoisotopic (exact) mass is 1040 g/mol. The molecule has 0 aliphatic carbocycles. The van der Waals surface area contributed by atoms with Gasteiger partial charge in [-0.15, -0.1) is 0 Å². The molecule has 0 radical (unpaired) electrons. The standard InChI is InChI=1S/C39H64N7O18P3S/c1-5-6-13-26-20-25(2)27(61-26)14-11-9-7-8-10-12-15-30(48)68-19-18-41-29(47)16-17-42-37(51)34(50)39(3,4)22-60-67(57,58)64-66(55,56)59-21-28-33(63-65(52,53)54)32(49)38(62-28)46-24-45-31-35(40)43-23-44-36(31)46/h20,23-24,28,32-34,38,49-50H,5-19,21-22H2,1-4H3,(H,41,47)(H,42,51)(H,55,56)(H,57,58)(H2,40,43,44)(H2,52,53,54). The van der Waals surface area contributed by atoms with Gasteiger partial charge in [-0.2, -0.15) is 4.31 Å². The van der Waals surface area contributed by atoms with Crippen LogP contribution in [0.15, 0.2) is 23.1 Å². The minimum atomic E-state index is -5.58. The number of aromatic nitrogens is 4. The molecule has 384 valence electrons. The third kappa shape index (κ3) is 18.5. The van der Waals surface area contributed by atoms with E-state index >= 15 is 0 Å². The van der Waals surface area contributed by atoms with Crippen LogP contribution in [-0.2, 0) is 63.5 Å². The Balaban J connectivity index is 1.09. The Morgan fingerprint density at radius 3 is 2.34 bits per heavy atom. The highest BCUT2D eigenvalue weighted by Crippen LogP contribution is 2.61. The topological polar surface area (TPSA) is 377 Å². The molecule has 3 aromatic heterocycles. The van der Waals surface area contributed by atoms with Crippen molar-refractivity contribution >= 4 is 69.1 Å². The first kappa shape index (κ1) is 57.4. The summed E-state index contributed by atoms with van der Waals surface area (Å²) in [7, 11) is -16.4. The first-order valence-electron chi connectivity index (χ1n) is 22.0. The summed E-state index contributed by atoms with van der Waals surface area (Å²) in [5.41, 5.74) is 5.50. The number of carbonyl (C=O) groups is 3. The highest BCUT2D eigenvalue weighted by atomic mass is 32.2. The number of phosphoric ester groups is 3. The summed E-state index contributed by atoms with van der Waals surface area (Å²) in [4.78, 5) is 88.5. The summed E-state index contributed by atoms with van der Waals surface area (Å²) < 4.78 is 68.5. The molecule has 29 heteroatoms. The van der Waals surface area contributed by atoms with Crippen LogP contribution in [0, 0.1) is 12.3 Å². The molecular weight excluding hydrogens is 979 g/mol. The molecular formula is C39H64N7O18P3S. The normalized spacial score (nSPS) is 20.0. The molecule has 3 aromatic rings. The fraction of sp³-hybridized carbons (Fsp3) is 0.692. The maximum absolute atomic E-state index is 12.7. The van der Waals surface area contributed by atoms with Gasteiger partial charge in [0.2, 0.25) is 11.8 Å². The Kier molecular flexibility index (Phi) is 22.2. The number of unbranched alkanes of at least 4 members (excludes halogenated alkanes) is 6. The Hall–Kier alpha value is -3.16. The van der Waals surface area contributed by atoms with Crippen molar-refractivity contribution in [3.8, 4) is 0 Å². The maximum Gasteiger partial charge on any atom is 0.481 e. The third-order valence-corrected chi connectivity index (χ3v) is 14.7. The minimum absolute atomic E-state index is 0.0312. The molecule has 1 aliphatic rings. The van der Waals surface area contributed by atoms with Crippen molar-refractivity contribution in [2.24, 2.45) is 5.41 Å². The number of aliphatic hydroxyl groups is 2. The molecule has 4 heterocycles. The Bertz CT molecular complexity index is 2280. The maximum atomic E-state index is 12.7. The van der Waals surface area contributed by atoms with E-state index < -0.39 is 84.6 Å². The van der Waals surface area contributed by atoms with E-state index in [4.69, 9.17) is 23.9 Å². The van der Waals surface area contributed by atoms with E-state index in [0.717, 1.165) is 105 Å². The minimum Gasteiger partial charge on any atom is -0.466 e. The number of fused-ring (bicyclic) bond motifs is 1. The quantitative estimate of drug-likeness (QED) is 0.0326. The Morgan fingerprint density at radius 1 is 0.941 bits per heavy atom. The number of ether oxygens (including phenoxy) is 1. The first-order chi connectivity index (χ1) is 31.9. The molecule has 7 unspecified atom stereocenters. The van der Waals surface area contributed by atoms with E-state index in [0.29, 0.717) is 12.2 Å². The second kappa shape index (κ2) is 26.3. The molecule has 1 fully saturated rings. The summed E-state index contributed by atoms with van der Waals surface area (Å²) in [6, 6.07) is 2.15. The molecule has 1 aliphatic heterocycles. The van der Waals surface area contributed by atoms with Crippen LogP contribution in [0.1, 0.15) is 108 Å². The third-order valence-electron chi connectivity index (χ3n) is 10.6. The first-order valence-corrected chi connectivity index (χ1v) is 27.6. The molecule has 0 saturated carbocycles. The SMILES string of the molecule is CCCCc1cc(C)c(CCCCCCCCC(=O)SCCNC(=O)CCNC(=O)C(O)C(C)(C)COP(=O)(O)OP(=O)(O)OCC2OC(n3cnc4c(N)ncnc43)C(O)C2OP(=O)(O)O)o1. The summed E-state index contributed by atoms with van der Waals surface area (Å²) in [6.07, 6.45) is 3.83. The number of aliphatic hydroxyl groups excluding tert-OH is 2. The fourth-order valence-electron chi connectivity index (χ4n) is 6.94. The number of hydrogen-bond donors (Lipinski definition) is 9. The highest BCUT2D eigenvalue weighted by molar-refractivity contribution is 8.13. The zero-order valence-corrected chi connectivity index (χ0v) is 41.8. The molecule has 10 N–H and O–H groups in total. The van der Waals surface area contributed by atoms with Crippen molar-refractivity contribution in [2.75, 3.05) is 37.8 Å². The number of thioether (sulfide) groups is 1. The van der Waals surface area contributed by atoms with E-state index in [-0.39, 0.29) is 41.6 Å². The zero-order chi connectivity index (χ0) is 50.3. The molecule has 0 aromatic carbocycles. The number of nitrogens with zero attached hydrogens (tertiary/aromatic N) is 4. The number of carbonyl (C=O) groups excluding carboxylic acids is 3. The number of amides is 2. The number of imidazole rings is 1. The summed E-state index contributed by atoms with van der Waals surface area (Å²) in [5.74, 6) is 1.10. The predicted octanol–water partition coefficient (Wildman–Crippen LogP) is 3.88. The number of nitrogens with two attached hydrogens (primary N) is 1. The van der Waals surface area contributed by atoms with Crippen LogP contribution in [0.2, 0.25) is 0 Å². The van der Waals surface area contributed by atoms with E-state index in [1.165, 1.54) is 19.4 Å². The highest BCUT2D eigenvalue weighted by Gasteiger charge is 2.50. The molecule has 4 rings (SSSR count). The van der Waals surface area contributed by atoms with Crippen molar-refractivity contribution in [2.45, 2.75) is 135 Å². The van der Waals surface area contributed by atoms with Crippen molar-refractivity contribution in [1.29, 1.82) is 0 Å². The molecule has 7 atom stereocenters. The summed E-state index contributed by atoms with van der Waals surface area (Å²) in [5, 5.41) is 26.6. The molecule has 2 amide bonds. The summed E-state index contributed by atoms with van der Waals surface area (Å²) in [6.45, 7) is 4.80. The lowest BCUT2D eigenvalue weighted by Gasteiger charge is -2.30. The second-order valence-electron chi connectivity index (χ2n) is 16.8. The lowest BCUT2D eigenvalue weighted by atomic mass is 9.87. The van der Waals surface area contributed by atoms with Crippen LogP contribution in [0.25, 0.3) is 11.2 Å². The number of nitrogen functional groups attached to an aromatic ring is 1. The van der Waals surface area contributed by atoms with E-state index in [1.807, 2.05) is 0 Å². The molecule has 68 heavy (non-hydrogen) atoms. The van der Waals surface area contributed by atoms with Crippen LogP contribution in [0.3, 0.4) is 0 Å². The van der Waals surface area contributed by atoms with E-state index in [9.17, 15) is 57.9 Å². The number of nitrogens with one attached hydrogen (secondary N) is 2. The molecule has 0 spiro atoms. The van der Waals surface area contributed by atoms with Gasteiger partial charge >= 0.3 is 23.5 Å². The van der Waals surface area contributed by atoms with Crippen LogP contribution in [0.4, 0.5) is 5.82 Å². The van der Waals surface area contributed by atoms with Gasteiger partial charge in [-0.25, -0.2) is 28.6 Å². The number of anilines is 1. The second-order valence-corrected chi connectivity index (χ2v) is 22.2. The lowest BCUT2D eigenvalue weighted by molar-refractivity contribution is -0.137. The van der Waals surface area contributed by atoms with Gasteiger partial charge in [0.05, 0.1) is 19.5 Å².